The Balaban J connectivity index is 2.34. The number of likely N-dealkylation sites (N-methyl/N-ethyl adjacent to an activating group) is 1. The number of rotatable bonds is 5. The average Bonchev–Trinajstić information content (AvgIpc) is 2.48. The quantitative estimate of drug-likeness (QED) is 0.867. The summed E-state index contributed by atoms with van der Waals surface area (Å²) in [6, 6.07) is 4.66. The number of hydrogen-bond donors (Lipinski definition) is 1. The van der Waals surface area contributed by atoms with Crippen LogP contribution in [0.5, 0.6) is 0 Å². The summed E-state index contributed by atoms with van der Waals surface area (Å²) < 4.78 is 13.7. The summed E-state index contributed by atoms with van der Waals surface area (Å²) in [6.07, 6.45) is 3.78. The van der Waals surface area contributed by atoms with Gasteiger partial charge in [-0.2, -0.15) is 0 Å². The number of likely N-dealkylation sites (tertiary alicyclic amines) is 1. The van der Waals surface area contributed by atoms with Crippen LogP contribution in [0, 0.1) is 5.82 Å². The molecule has 0 radical (unpaired) electrons. The number of nitrogens with zero attached hydrogens (tertiary/aromatic N) is 1. The molecule has 0 bridgehead atoms. The van der Waals surface area contributed by atoms with E-state index in [0.29, 0.717) is 5.02 Å². The van der Waals surface area contributed by atoms with Crippen LogP contribution in [-0.2, 0) is 0 Å². The lowest BCUT2D eigenvalue weighted by molar-refractivity contribution is 0.0612. The normalized spacial score (nSPS) is 18.7. The molecule has 1 saturated heterocycles. The van der Waals surface area contributed by atoms with Gasteiger partial charge < -0.3 is 5.32 Å². The van der Waals surface area contributed by atoms with E-state index in [0.717, 1.165) is 25.2 Å². The fourth-order valence-corrected chi connectivity index (χ4v) is 3.56. The van der Waals surface area contributed by atoms with E-state index in [1.165, 1.54) is 25.3 Å². The molecule has 21 heavy (non-hydrogen) atoms. The fraction of sp³-hybridized carbons (Fsp3) is 0.647. The van der Waals surface area contributed by atoms with Crippen molar-refractivity contribution in [2.45, 2.75) is 51.6 Å². The monoisotopic (exact) mass is 312 g/mol. The molecule has 0 amide bonds. The summed E-state index contributed by atoms with van der Waals surface area (Å²) in [6.45, 7) is 9.56. The summed E-state index contributed by atoms with van der Waals surface area (Å²) in [5, 5.41) is 4.14. The van der Waals surface area contributed by atoms with Crippen LogP contribution >= 0.6 is 11.6 Å². The molecule has 1 fully saturated rings. The second-order valence-electron chi connectivity index (χ2n) is 6.36. The number of hydrogen-bond acceptors (Lipinski definition) is 2. The van der Waals surface area contributed by atoms with Crippen molar-refractivity contribution >= 4 is 11.6 Å². The van der Waals surface area contributed by atoms with Gasteiger partial charge in [0.1, 0.15) is 5.82 Å². The second kappa shape index (κ2) is 7.08. The second-order valence-corrected chi connectivity index (χ2v) is 6.77. The van der Waals surface area contributed by atoms with E-state index < -0.39 is 0 Å². The Bertz CT molecular complexity index is 470. The first kappa shape index (κ1) is 16.7. The fourth-order valence-electron chi connectivity index (χ4n) is 3.33. The first-order valence-corrected chi connectivity index (χ1v) is 8.28. The van der Waals surface area contributed by atoms with Crippen LogP contribution in [0.3, 0.4) is 0 Å². The molecule has 1 aliphatic heterocycles. The third kappa shape index (κ3) is 3.77. The van der Waals surface area contributed by atoms with E-state index in [1.54, 1.807) is 12.1 Å². The smallest absolute Gasteiger partial charge is 0.123 e. The van der Waals surface area contributed by atoms with Gasteiger partial charge in [0.25, 0.3) is 0 Å². The Hall–Kier alpha value is -0.640. The van der Waals surface area contributed by atoms with Gasteiger partial charge in [0.2, 0.25) is 0 Å². The lowest BCUT2D eigenvalue weighted by Gasteiger charge is -2.46. The predicted molar refractivity (Wildman–Crippen MR) is 87.3 cm³/mol. The average molecular weight is 313 g/mol. The van der Waals surface area contributed by atoms with Crippen molar-refractivity contribution in [3.05, 3.63) is 34.6 Å². The largest absolute Gasteiger partial charge is 0.309 e. The molecule has 4 heteroatoms. The van der Waals surface area contributed by atoms with Crippen molar-refractivity contribution in [2.75, 3.05) is 19.6 Å². The molecular formula is C17H26ClFN2. The Morgan fingerprint density at radius 1 is 1.29 bits per heavy atom. The topological polar surface area (TPSA) is 15.3 Å². The van der Waals surface area contributed by atoms with Gasteiger partial charge in [0.15, 0.2) is 0 Å². The molecule has 0 aliphatic carbocycles. The predicted octanol–water partition coefficient (Wildman–Crippen LogP) is 4.39. The minimum absolute atomic E-state index is 0.0174. The number of benzene rings is 1. The van der Waals surface area contributed by atoms with E-state index in [9.17, 15) is 4.39 Å². The maximum absolute atomic E-state index is 13.7. The molecule has 2 rings (SSSR count). The molecule has 2 nitrogen and oxygen atoms in total. The van der Waals surface area contributed by atoms with E-state index in [1.807, 2.05) is 0 Å². The Labute approximate surface area is 132 Å². The molecule has 118 valence electrons. The SMILES string of the molecule is CCNC(c1cc(F)ccc1Cl)C(C)(C)N1CCCCC1. The molecular weight excluding hydrogens is 287 g/mol. The first-order chi connectivity index (χ1) is 9.96. The minimum Gasteiger partial charge on any atom is -0.309 e. The molecule has 0 spiro atoms. The lowest BCUT2D eigenvalue weighted by Crippen LogP contribution is -2.54. The van der Waals surface area contributed by atoms with Gasteiger partial charge in [0, 0.05) is 10.6 Å². The highest BCUT2D eigenvalue weighted by Gasteiger charge is 2.37. The maximum atomic E-state index is 13.7. The van der Waals surface area contributed by atoms with E-state index in [-0.39, 0.29) is 17.4 Å². The maximum Gasteiger partial charge on any atom is 0.123 e. The first-order valence-electron chi connectivity index (χ1n) is 7.90. The molecule has 1 aliphatic rings. The minimum atomic E-state index is -0.230. The molecule has 0 aromatic heterocycles. The van der Waals surface area contributed by atoms with Crippen LogP contribution in [0.1, 0.15) is 51.6 Å². The van der Waals surface area contributed by atoms with E-state index in [2.05, 4.69) is 31.0 Å². The summed E-state index contributed by atoms with van der Waals surface area (Å²) in [5.74, 6) is -0.230. The van der Waals surface area contributed by atoms with Crippen LogP contribution in [0.2, 0.25) is 5.02 Å². The third-order valence-electron chi connectivity index (χ3n) is 4.55. The summed E-state index contributed by atoms with van der Waals surface area (Å²) in [5.41, 5.74) is 0.752. The van der Waals surface area contributed by atoms with Crippen molar-refractivity contribution in [2.24, 2.45) is 0 Å². The van der Waals surface area contributed by atoms with Crippen LogP contribution in [0.15, 0.2) is 18.2 Å². The van der Waals surface area contributed by atoms with Gasteiger partial charge in [-0.15, -0.1) is 0 Å². The Kier molecular flexibility index (Phi) is 5.64. The number of halogens is 2. The van der Waals surface area contributed by atoms with Crippen molar-refractivity contribution < 1.29 is 4.39 Å². The van der Waals surface area contributed by atoms with Crippen molar-refractivity contribution in [3.63, 3.8) is 0 Å². The molecule has 1 atom stereocenters. The molecule has 1 unspecified atom stereocenters. The van der Waals surface area contributed by atoms with Crippen LogP contribution in [-0.4, -0.2) is 30.1 Å². The third-order valence-corrected chi connectivity index (χ3v) is 4.90. The Morgan fingerprint density at radius 2 is 1.95 bits per heavy atom. The highest BCUT2D eigenvalue weighted by Crippen LogP contribution is 2.36. The summed E-state index contributed by atoms with van der Waals surface area (Å²) in [7, 11) is 0. The zero-order chi connectivity index (χ0) is 15.5. The molecule has 0 saturated carbocycles. The van der Waals surface area contributed by atoms with Crippen molar-refractivity contribution in [1.29, 1.82) is 0 Å². The number of nitrogens with one attached hydrogen (secondary N) is 1. The van der Waals surface area contributed by atoms with Gasteiger partial charge in [0.05, 0.1) is 6.04 Å². The summed E-state index contributed by atoms with van der Waals surface area (Å²) >= 11 is 6.35. The Morgan fingerprint density at radius 3 is 2.57 bits per heavy atom. The summed E-state index contributed by atoms with van der Waals surface area (Å²) in [4.78, 5) is 2.51. The molecule has 1 heterocycles. The molecule has 1 N–H and O–H groups in total. The number of piperidine rings is 1. The van der Waals surface area contributed by atoms with Crippen molar-refractivity contribution in [1.82, 2.24) is 10.2 Å². The zero-order valence-electron chi connectivity index (χ0n) is 13.3. The van der Waals surface area contributed by atoms with Gasteiger partial charge in [-0.1, -0.05) is 24.9 Å². The van der Waals surface area contributed by atoms with Gasteiger partial charge in [-0.3, -0.25) is 4.90 Å². The van der Waals surface area contributed by atoms with E-state index in [4.69, 9.17) is 11.6 Å². The lowest BCUT2D eigenvalue weighted by atomic mass is 9.85. The van der Waals surface area contributed by atoms with Gasteiger partial charge in [-0.25, -0.2) is 4.39 Å². The highest BCUT2D eigenvalue weighted by molar-refractivity contribution is 6.31. The zero-order valence-corrected chi connectivity index (χ0v) is 14.0. The van der Waals surface area contributed by atoms with Gasteiger partial charge >= 0.3 is 0 Å². The van der Waals surface area contributed by atoms with Gasteiger partial charge in [-0.05, 0) is 70.1 Å². The molecule has 1 aromatic carbocycles. The highest BCUT2D eigenvalue weighted by atomic mass is 35.5. The van der Waals surface area contributed by atoms with Crippen LogP contribution in [0.4, 0.5) is 4.39 Å². The van der Waals surface area contributed by atoms with Crippen LogP contribution in [0.25, 0.3) is 0 Å². The standard InChI is InChI=1S/C17H26ClFN2/c1-4-20-16(14-12-13(19)8-9-15(14)18)17(2,3)21-10-6-5-7-11-21/h8-9,12,16,20H,4-7,10-11H2,1-3H3. The van der Waals surface area contributed by atoms with E-state index >= 15 is 0 Å². The van der Waals surface area contributed by atoms with Crippen LogP contribution < -0.4 is 5.32 Å². The molecule has 1 aromatic rings. The van der Waals surface area contributed by atoms with Crippen molar-refractivity contribution in [3.8, 4) is 0 Å².